The van der Waals surface area contributed by atoms with Crippen molar-refractivity contribution in [3.8, 4) is 5.75 Å². The molecule has 3 fully saturated rings. The minimum atomic E-state index is -0.788. The van der Waals surface area contributed by atoms with E-state index in [0.717, 1.165) is 35.2 Å². The number of aryl methyl sites for hydroxylation is 1. The summed E-state index contributed by atoms with van der Waals surface area (Å²) < 4.78 is 11.1. The summed E-state index contributed by atoms with van der Waals surface area (Å²) in [6.45, 7) is 4.98. The molecule has 4 heterocycles. The number of ketones is 1. The predicted molar refractivity (Wildman–Crippen MR) is 135 cm³/mol. The van der Waals surface area contributed by atoms with E-state index in [-0.39, 0.29) is 36.3 Å². The largest absolute Gasteiger partial charge is 0.497 e. The molecule has 36 heavy (non-hydrogen) atoms. The van der Waals surface area contributed by atoms with Crippen molar-refractivity contribution in [3.63, 3.8) is 0 Å². The lowest BCUT2D eigenvalue weighted by molar-refractivity contribution is -0.142. The van der Waals surface area contributed by atoms with E-state index in [1.54, 1.807) is 31.4 Å². The summed E-state index contributed by atoms with van der Waals surface area (Å²) >= 11 is 0. The number of allylic oxidation sites excluding steroid dienone is 1. The van der Waals surface area contributed by atoms with Gasteiger partial charge in [0.25, 0.3) is 0 Å². The summed E-state index contributed by atoms with van der Waals surface area (Å²) in [5, 5.41) is 0. The Morgan fingerprint density at radius 3 is 2.64 bits per heavy atom. The number of Topliss-reactive ketones (excluding diaryl/α,β-unsaturated/α-hetero) is 1. The number of fused-ring (bicyclic) bond motifs is 5. The van der Waals surface area contributed by atoms with E-state index in [1.165, 1.54) is 4.90 Å². The summed E-state index contributed by atoms with van der Waals surface area (Å²) in [5.41, 5.74) is 4.57. The average molecular weight is 487 g/mol. The number of amides is 2. The van der Waals surface area contributed by atoms with Gasteiger partial charge in [-0.05, 0) is 56.5 Å². The Hall–Kier alpha value is -3.45. The maximum Gasteiger partial charge on any atom is 0.235 e. The normalized spacial score (nSPS) is 28.6. The van der Waals surface area contributed by atoms with Crippen LogP contribution in [0.2, 0.25) is 0 Å². The van der Waals surface area contributed by atoms with Gasteiger partial charge in [-0.15, -0.1) is 0 Å². The van der Waals surface area contributed by atoms with Gasteiger partial charge in [0.1, 0.15) is 11.8 Å². The molecule has 0 spiro atoms. The van der Waals surface area contributed by atoms with E-state index in [0.29, 0.717) is 17.9 Å². The maximum atomic E-state index is 14.1. The van der Waals surface area contributed by atoms with Crippen LogP contribution < -0.4 is 9.64 Å². The molecule has 0 aromatic heterocycles. The van der Waals surface area contributed by atoms with Gasteiger partial charge in [0, 0.05) is 23.4 Å². The fourth-order valence-corrected chi connectivity index (χ4v) is 6.44. The minimum absolute atomic E-state index is 0.132. The molecule has 7 nitrogen and oxygen atoms in total. The smallest absolute Gasteiger partial charge is 0.235 e. The van der Waals surface area contributed by atoms with Crippen LogP contribution in [0.15, 0.2) is 48.5 Å². The van der Waals surface area contributed by atoms with E-state index in [9.17, 15) is 14.4 Å². The van der Waals surface area contributed by atoms with Gasteiger partial charge in [0.2, 0.25) is 11.8 Å². The topological polar surface area (TPSA) is 76.1 Å². The third-order valence-electron chi connectivity index (χ3n) is 8.13. The highest BCUT2D eigenvalue weighted by atomic mass is 16.5. The van der Waals surface area contributed by atoms with Gasteiger partial charge >= 0.3 is 0 Å². The summed E-state index contributed by atoms with van der Waals surface area (Å²) in [6.07, 6.45) is 3.70. The first-order valence-corrected chi connectivity index (χ1v) is 12.6. The molecule has 2 amide bonds. The Kier molecular flexibility index (Phi) is 5.48. The van der Waals surface area contributed by atoms with Crippen LogP contribution in [-0.4, -0.2) is 60.9 Å². The second kappa shape index (κ2) is 8.59. The SMILES string of the molecule is COc1cccc(C(=O)C2C3C(=O)N(CC4CCCO4)C(=O)C3C3C=C(C)c4cc(C)ccc4N32)c1. The van der Waals surface area contributed by atoms with Crippen molar-refractivity contribution < 1.29 is 23.9 Å². The summed E-state index contributed by atoms with van der Waals surface area (Å²) in [5.74, 6) is -1.43. The molecule has 5 atom stereocenters. The first-order valence-electron chi connectivity index (χ1n) is 12.6. The third-order valence-corrected chi connectivity index (χ3v) is 8.13. The van der Waals surface area contributed by atoms with Gasteiger partial charge in [-0.1, -0.05) is 29.8 Å². The van der Waals surface area contributed by atoms with Crippen molar-refractivity contribution in [1.82, 2.24) is 4.90 Å². The molecule has 6 rings (SSSR count). The van der Waals surface area contributed by atoms with E-state index in [4.69, 9.17) is 9.47 Å². The highest BCUT2D eigenvalue weighted by molar-refractivity contribution is 6.14. The van der Waals surface area contributed by atoms with Crippen LogP contribution >= 0.6 is 0 Å². The molecule has 2 aromatic carbocycles. The fourth-order valence-electron chi connectivity index (χ4n) is 6.44. The van der Waals surface area contributed by atoms with Crippen LogP contribution in [0.3, 0.4) is 0 Å². The van der Waals surface area contributed by atoms with Crippen molar-refractivity contribution >= 4 is 28.9 Å². The highest BCUT2D eigenvalue weighted by Gasteiger charge is 2.64. The van der Waals surface area contributed by atoms with Crippen LogP contribution in [0.4, 0.5) is 5.69 Å². The number of imide groups is 1. The number of likely N-dealkylation sites (tertiary alicyclic amines) is 1. The lowest BCUT2D eigenvalue weighted by Gasteiger charge is -2.38. The number of rotatable bonds is 5. The van der Waals surface area contributed by atoms with Crippen LogP contribution in [0.1, 0.15) is 41.3 Å². The lowest BCUT2D eigenvalue weighted by Crippen LogP contribution is -2.50. The zero-order chi connectivity index (χ0) is 25.1. The van der Waals surface area contributed by atoms with Crippen LogP contribution in [0, 0.1) is 18.8 Å². The van der Waals surface area contributed by atoms with Gasteiger partial charge in [0.15, 0.2) is 5.78 Å². The first-order chi connectivity index (χ1) is 17.4. The van der Waals surface area contributed by atoms with E-state index < -0.39 is 17.9 Å². The summed E-state index contributed by atoms with van der Waals surface area (Å²) in [4.78, 5) is 45.2. The zero-order valence-electron chi connectivity index (χ0n) is 20.8. The van der Waals surface area contributed by atoms with E-state index in [1.807, 2.05) is 30.9 Å². The predicted octanol–water partition coefficient (Wildman–Crippen LogP) is 3.64. The highest BCUT2D eigenvalue weighted by Crippen LogP contribution is 2.50. The number of hydrogen-bond donors (Lipinski definition) is 0. The Bertz CT molecular complexity index is 1290. The number of nitrogens with zero attached hydrogens (tertiary/aromatic N) is 2. The van der Waals surface area contributed by atoms with Crippen LogP contribution in [0.5, 0.6) is 5.75 Å². The van der Waals surface area contributed by atoms with Gasteiger partial charge < -0.3 is 14.4 Å². The molecule has 3 saturated heterocycles. The molecule has 7 heteroatoms. The van der Waals surface area contributed by atoms with Gasteiger partial charge in [-0.25, -0.2) is 0 Å². The Morgan fingerprint density at radius 1 is 1.08 bits per heavy atom. The van der Waals surface area contributed by atoms with Crippen molar-refractivity contribution in [1.29, 1.82) is 0 Å². The molecule has 2 aromatic rings. The number of hydrogen-bond acceptors (Lipinski definition) is 6. The maximum absolute atomic E-state index is 14.1. The van der Waals surface area contributed by atoms with Crippen molar-refractivity contribution in [3.05, 3.63) is 65.2 Å². The average Bonchev–Trinajstić information content (AvgIpc) is 3.57. The Labute approximate surface area is 210 Å². The summed E-state index contributed by atoms with van der Waals surface area (Å²) in [7, 11) is 1.56. The molecule has 0 saturated carbocycles. The molecule has 186 valence electrons. The number of ether oxygens (including phenoxy) is 2. The van der Waals surface area contributed by atoms with Crippen LogP contribution in [0.25, 0.3) is 5.57 Å². The number of benzene rings is 2. The molecule has 0 bridgehead atoms. The van der Waals surface area contributed by atoms with Crippen LogP contribution in [-0.2, 0) is 14.3 Å². The number of carbonyl (C=O) groups is 3. The molecule has 0 N–H and O–H groups in total. The number of carbonyl (C=O) groups excluding carboxylic acids is 3. The minimum Gasteiger partial charge on any atom is -0.497 e. The zero-order valence-corrected chi connectivity index (χ0v) is 20.8. The monoisotopic (exact) mass is 486 g/mol. The van der Waals surface area contributed by atoms with Crippen molar-refractivity contribution in [2.75, 3.05) is 25.2 Å². The van der Waals surface area contributed by atoms with E-state index >= 15 is 0 Å². The molecule has 0 aliphatic carbocycles. The second-order valence-corrected chi connectivity index (χ2v) is 10.3. The van der Waals surface area contributed by atoms with Gasteiger partial charge in [0.05, 0.1) is 37.6 Å². The molecule has 4 aliphatic rings. The number of methoxy groups -OCH3 is 1. The van der Waals surface area contributed by atoms with Crippen molar-refractivity contribution in [2.45, 2.75) is 44.9 Å². The van der Waals surface area contributed by atoms with E-state index in [2.05, 4.69) is 12.1 Å². The summed E-state index contributed by atoms with van der Waals surface area (Å²) in [6, 6.07) is 12.0. The molecule has 5 unspecified atom stereocenters. The standard InChI is InChI=1S/C29H30N2O5/c1-16-9-10-22-21(12-16)17(2)13-23-24-25(29(34)30(28(24)33)15-20-8-5-11-36-20)26(31(22)23)27(32)18-6-4-7-19(14-18)35-3/h4,6-7,9-10,12-14,20,23-26H,5,8,11,15H2,1-3H3. The lowest BCUT2D eigenvalue weighted by atomic mass is 9.85. The molecular formula is C29H30N2O5. The third kappa shape index (κ3) is 3.40. The molecule has 4 aliphatic heterocycles. The molecule has 0 radical (unpaired) electrons. The Balaban J connectivity index is 1.46. The molecular weight excluding hydrogens is 456 g/mol. The Morgan fingerprint density at radius 2 is 1.89 bits per heavy atom. The fraction of sp³-hybridized carbons (Fsp3) is 0.414. The van der Waals surface area contributed by atoms with Gasteiger partial charge in [-0.2, -0.15) is 0 Å². The van der Waals surface area contributed by atoms with Crippen molar-refractivity contribution in [2.24, 2.45) is 11.8 Å². The quantitative estimate of drug-likeness (QED) is 0.475. The number of anilines is 1. The first kappa shape index (κ1) is 23.0. The van der Waals surface area contributed by atoms with Gasteiger partial charge in [-0.3, -0.25) is 19.3 Å². The second-order valence-electron chi connectivity index (χ2n) is 10.3.